The smallest absolute Gasteiger partial charge is 0.237 e. The number of aryl methyl sites for hydroxylation is 1. The van der Waals surface area contributed by atoms with E-state index in [0.29, 0.717) is 35.8 Å². The number of methoxy groups -OCH3 is 1. The van der Waals surface area contributed by atoms with E-state index in [-0.39, 0.29) is 17.5 Å². The molecule has 0 spiro atoms. The number of ether oxygens (including phenoxy) is 1. The minimum absolute atomic E-state index is 0.0177. The Morgan fingerprint density at radius 3 is 2.71 bits per heavy atom. The van der Waals surface area contributed by atoms with Crippen molar-refractivity contribution in [2.45, 2.75) is 12.8 Å². The first-order valence-corrected chi connectivity index (χ1v) is 8.77. The summed E-state index contributed by atoms with van der Waals surface area (Å²) in [5, 5.41) is 10.1. The Labute approximate surface area is 144 Å². The molecule has 0 bridgehead atoms. The molecule has 24 heavy (non-hydrogen) atoms. The van der Waals surface area contributed by atoms with Gasteiger partial charge in [0.1, 0.15) is 5.82 Å². The molecule has 1 aliphatic heterocycles. The molecule has 0 radical (unpaired) electrons. The number of benzene rings is 2. The number of anilines is 1. The molecular weight excluding hydrogens is 329 g/mol. The number of phenolic OH excluding ortho intramolecular Hbond substituents is 1. The number of aromatic hydroxyl groups is 1. The molecule has 1 aliphatic rings. The van der Waals surface area contributed by atoms with Gasteiger partial charge < -0.3 is 14.7 Å². The van der Waals surface area contributed by atoms with Crippen molar-refractivity contribution >= 4 is 23.4 Å². The summed E-state index contributed by atoms with van der Waals surface area (Å²) in [6, 6.07) is 9.85. The summed E-state index contributed by atoms with van der Waals surface area (Å²) in [6.07, 6.45) is 0.914. The summed E-state index contributed by atoms with van der Waals surface area (Å²) in [6.45, 7) is 0. The first-order chi connectivity index (χ1) is 11.6. The summed E-state index contributed by atoms with van der Waals surface area (Å²) in [4.78, 5) is 13.8. The highest BCUT2D eigenvalue weighted by molar-refractivity contribution is 8.00. The molecule has 3 rings (SSSR count). The van der Waals surface area contributed by atoms with Gasteiger partial charge in [-0.1, -0.05) is 18.2 Å². The van der Waals surface area contributed by atoms with Crippen LogP contribution in [0.2, 0.25) is 0 Å². The summed E-state index contributed by atoms with van der Waals surface area (Å²) in [7, 11) is 1.48. The fourth-order valence-corrected chi connectivity index (χ4v) is 3.75. The Balaban J connectivity index is 1.96. The second-order valence-electron chi connectivity index (χ2n) is 5.51. The molecule has 0 unspecified atom stereocenters. The Kier molecular flexibility index (Phi) is 4.94. The molecule has 6 heteroatoms. The van der Waals surface area contributed by atoms with Crippen LogP contribution in [0.1, 0.15) is 11.1 Å². The van der Waals surface area contributed by atoms with E-state index in [9.17, 15) is 14.3 Å². The molecule has 1 saturated heterocycles. The van der Waals surface area contributed by atoms with E-state index in [2.05, 4.69) is 0 Å². The molecule has 2 aromatic carbocycles. The summed E-state index contributed by atoms with van der Waals surface area (Å²) in [5.74, 6) is 1.14. The number of hydrogen-bond acceptors (Lipinski definition) is 4. The normalized spacial score (nSPS) is 14.2. The van der Waals surface area contributed by atoms with Crippen molar-refractivity contribution in [2.75, 3.05) is 23.6 Å². The predicted molar refractivity (Wildman–Crippen MR) is 93.3 cm³/mol. The number of thioether (sulfide) groups is 1. The quantitative estimate of drug-likeness (QED) is 0.901. The Morgan fingerprint density at radius 2 is 2.04 bits per heavy atom. The van der Waals surface area contributed by atoms with Crippen LogP contribution in [0, 0.1) is 5.82 Å². The van der Waals surface area contributed by atoms with Gasteiger partial charge in [0.15, 0.2) is 11.5 Å². The van der Waals surface area contributed by atoms with Crippen molar-refractivity contribution in [3.05, 3.63) is 53.3 Å². The Morgan fingerprint density at radius 1 is 1.25 bits per heavy atom. The molecule has 1 fully saturated rings. The van der Waals surface area contributed by atoms with Gasteiger partial charge in [-0.2, -0.15) is 0 Å². The SMILES string of the molecule is COc1c(O)ccc(N2CSCC2=O)c1CCc1ccccc1F. The fraction of sp³-hybridized carbons (Fsp3) is 0.278. The standard InChI is InChI=1S/C18H18FNO3S/c1-23-18-13(7-6-12-4-2-3-5-14(12)19)15(8-9-16(18)21)20-11-24-10-17(20)22/h2-5,8-9,21H,6-7,10-11H2,1H3. The first kappa shape index (κ1) is 16.6. The highest BCUT2D eigenvalue weighted by Gasteiger charge is 2.27. The Bertz CT molecular complexity index is 766. The van der Waals surface area contributed by atoms with E-state index < -0.39 is 0 Å². The van der Waals surface area contributed by atoms with Gasteiger partial charge in [-0.05, 0) is 36.6 Å². The largest absolute Gasteiger partial charge is 0.504 e. The monoisotopic (exact) mass is 347 g/mol. The lowest BCUT2D eigenvalue weighted by atomic mass is 10.0. The molecule has 1 amide bonds. The molecule has 0 atom stereocenters. The number of rotatable bonds is 5. The van der Waals surface area contributed by atoms with Gasteiger partial charge in [0, 0.05) is 5.56 Å². The number of phenols is 1. The van der Waals surface area contributed by atoms with Gasteiger partial charge in [-0.3, -0.25) is 4.79 Å². The summed E-state index contributed by atoms with van der Waals surface area (Å²) in [5.41, 5.74) is 2.03. The van der Waals surface area contributed by atoms with E-state index >= 15 is 0 Å². The van der Waals surface area contributed by atoms with Crippen LogP contribution in [0.5, 0.6) is 11.5 Å². The lowest BCUT2D eigenvalue weighted by Gasteiger charge is -2.22. The van der Waals surface area contributed by atoms with Crippen LogP contribution in [0.3, 0.4) is 0 Å². The van der Waals surface area contributed by atoms with Gasteiger partial charge >= 0.3 is 0 Å². The highest BCUT2D eigenvalue weighted by atomic mass is 32.2. The number of halogens is 1. The number of nitrogens with zero attached hydrogens (tertiary/aromatic N) is 1. The minimum Gasteiger partial charge on any atom is -0.504 e. The van der Waals surface area contributed by atoms with Crippen LogP contribution in [0.4, 0.5) is 10.1 Å². The van der Waals surface area contributed by atoms with Crippen molar-refractivity contribution in [1.82, 2.24) is 0 Å². The molecule has 4 nitrogen and oxygen atoms in total. The molecule has 1 N–H and O–H groups in total. The zero-order valence-electron chi connectivity index (χ0n) is 13.3. The van der Waals surface area contributed by atoms with Crippen molar-refractivity contribution in [1.29, 1.82) is 0 Å². The zero-order valence-corrected chi connectivity index (χ0v) is 14.1. The number of carbonyl (C=O) groups is 1. The highest BCUT2D eigenvalue weighted by Crippen LogP contribution is 2.39. The van der Waals surface area contributed by atoms with Gasteiger partial charge in [0.05, 0.1) is 24.4 Å². The van der Waals surface area contributed by atoms with Gasteiger partial charge in [-0.25, -0.2) is 4.39 Å². The molecule has 0 saturated carbocycles. The van der Waals surface area contributed by atoms with E-state index in [1.807, 2.05) is 0 Å². The fourth-order valence-electron chi connectivity index (χ4n) is 2.87. The molecule has 1 heterocycles. The third-order valence-electron chi connectivity index (χ3n) is 4.06. The molecule has 126 valence electrons. The lowest BCUT2D eigenvalue weighted by Crippen LogP contribution is -2.26. The molecule has 2 aromatic rings. The summed E-state index contributed by atoms with van der Waals surface area (Å²) < 4.78 is 19.2. The van der Waals surface area contributed by atoms with Crippen LogP contribution in [-0.2, 0) is 17.6 Å². The lowest BCUT2D eigenvalue weighted by molar-refractivity contribution is -0.115. The average Bonchev–Trinajstić information content (AvgIpc) is 3.00. The van der Waals surface area contributed by atoms with Crippen LogP contribution < -0.4 is 9.64 Å². The van der Waals surface area contributed by atoms with E-state index in [1.54, 1.807) is 40.9 Å². The van der Waals surface area contributed by atoms with Crippen molar-refractivity contribution in [3.8, 4) is 11.5 Å². The van der Waals surface area contributed by atoms with Crippen molar-refractivity contribution in [3.63, 3.8) is 0 Å². The molecular formula is C18H18FNO3S. The number of hydrogen-bond donors (Lipinski definition) is 1. The number of carbonyl (C=O) groups excluding carboxylic acids is 1. The zero-order chi connectivity index (χ0) is 17.1. The number of amides is 1. The molecule has 0 aromatic heterocycles. The Hall–Kier alpha value is -2.21. The maximum atomic E-state index is 13.9. The third kappa shape index (κ3) is 3.19. The summed E-state index contributed by atoms with van der Waals surface area (Å²) >= 11 is 1.54. The maximum Gasteiger partial charge on any atom is 0.237 e. The van der Waals surface area contributed by atoms with Crippen LogP contribution >= 0.6 is 11.8 Å². The minimum atomic E-state index is -0.258. The van der Waals surface area contributed by atoms with E-state index in [1.165, 1.54) is 19.2 Å². The molecule has 0 aliphatic carbocycles. The maximum absolute atomic E-state index is 13.9. The van der Waals surface area contributed by atoms with Gasteiger partial charge in [-0.15, -0.1) is 11.8 Å². The van der Waals surface area contributed by atoms with Gasteiger partial charge in [0.25, 0.3) is 0 Å². The topological polar surface area (TPSA) is 49.8 Å². The average molecular weight is 347 g/mol. The van der Waals surface area contributed by atoms with Gasteiger partial charge in [0.2, 0.25) is 5.91 Å². The van der Waals surface area contributed by atoms with E-state index in [0.717, 1.165) is 11.3 Å². The van der Waals surface area contributed by atoms with Crippen molar-refractivity contribution < 1.29 is 19.0 Å². The third-order valence-corrected chi connectivity index (χ3v) is 4.95. The van der Waals surface area contributed by atoms with E-state index in [4.69, 9.17) is 4.74 Å². The van der Waals surface area contributed by atoms with Crippen LogP contribution in [0.25, 0.3) is 0 Å². The van der Waals surface area contributed by atoms with Crippen molar-refractivity contribution in [2.24, 2.45) is 0 Å². The second kappa shape index (κ2) is 7.13. The van der Waals surface area contributed by atoms with Crippen LogP contribution in [-0.4, -0.2) is 29.8 Å². The predicted octanol–water partition coefficient (Wildman–Crippen LogP) is 3.36. The first-order valence-electron chi connectivity index (χ1n) is 7.62. The second-order valence-corrected chi connectivity index (χ2v) is 6.46. The van der Waals surface area contributed by atoms with Crippen LogP contribution in [0.15, 0.2) is 36.4 Å².